The number of ether oxygens (including phenoxy) is 1. The summed E-state index contributed by atoms with van der Waals surface area (Å²) in [5.74, 6) is -0.112. The van der Waals surface area contributed by atoms with Crippen LogP contribution in [0.5, 0.6) is 0 Å². The molecule has 1 heterocycles. The number of rotatable bonds is 5. The number of methoxy groups -OCH3 is 1. The molecule has 27 heavy (non-hydrogen) atoms. The van der Waals surface area contributed by atoms with Crippen molar-refractivity contribution in [3.05, 3.63) is 63.0 Å². The molecule has 0 atom stereocenters. The molecule has 4 nitrogen and oxygen atoms in total. The van der Waals surface area contributed by atoms with Crippen LogP contribution in [0.2, 0.25) is 0 Å². The predicted octanol–water partition coefficient (Wildman–Crippen LogP) is 4.25. The molecule has 0 aliphatic heterocycles. The molecule has 0 aliphatic rings. The Hall–Kier alpha value is -2.24. The number of aryl methyl sites for hydroxylation is 4. The molecule has 0 fully saturated rings. The maximum Gasteiger partial charge on any atom is 0.252 e. The Morgan fingerprint density at radius 2 is 1.78 bits per heavy atom. The number of thiazole rings is 1. The number of hydrogen-bond donors (Lipinski definition) is 0. The number of carbonyl (C=O) groups is 1. The van der Waals surface area contributed by atoms with Crippen molar-refractivity contribution < 1.29 is 9.53 Å². The van der Waals surface area contributed by atoms with E-state index < -0.39 is 0 Å². The van der Waals surface area contributed by atoms with Crippen LogP contribution in [0.1, 0.15) is 27.8 Å². The zero-order chi connectivity index (χ0) is 19.6. The van der Waals surface area contributed by atoms with Crippen LogP contribution in [0.4, 0.5) is 0 Å². The lowest BCUT2D eigenvalue weighted by Gasteiger charge is -2.09. The predicted molar refractivity (Wildman–Crippen MR) is 111 cm³/mol. The average Bonchev–Trinajstić information content (AvgIpc) is 2.92. The van der Waals surface area contributed by atoms with Crippen LogP contribution in [0, 0.1) is 27.7 Å². The van der Waals surface area contributed by atoms with Crippen LogP contribution in [-0.2, 0) is 22.5 Å². The van der Waals surface area contributed by atoms with Crippen LogP contribution in [0.15, 0.2) is 35.3 Å². The summed E-state index contributed by atoms with van der Waals surface area (Å²) >= 11 is 1.56. The minimum absolute atomic E-state index is 0.112. The van der Waals surface area contributed by atoms with Crippen molar-refractivity contribution in [3.8, 4) is 0 Å². The van der Waals surface area contributed by atoms with Crippen LogP contribution in [0.25, 0.3) is 10.2 Å². The highest BCUT2D eigenvalue weighted by Crippen LogP contribution is 2.20. The van der Waals surface area contributed by atoms with E-state index in [0.717, 1.165) is 31.7 Å². The normalized spacial score (nSPS) is 12.1. The molecule has 5 heteroatoms. The number of amides is 1. The van der Waals surface area contributed by atoms with Crippen molar-refractivity contribution in [2.75, 3.05) is 13.7 Å². The topological polar surface area (TPSA) is 43.6 Å². The number of carbonyl (C=O) groups excluding carboxylic acids is 1. The highest BCUT2D eigenvalue weighted by molar-refractivity contribution is 7.16. The molecule has 0 saturated carbocycles. The zero-order valence-corrected chi connectivity index (χ0v) is 17.4. The zero-order valence-electron chi connectivity index (χ0n) is 16.6. The second-order valence-corrected chi connectivity index (χ2v) is 8.07. The second-order valence-electron chi connectivity index (χ2n) is 7.06. The van der Waals surface area contributed by atoms with E-state index in [1.54, 1.807) is 18.4 Å². The van der Waals surface area contributed by atoms with E-state index in [2.05, 4.69) is 67.6 Å². The number of nitrogens with zero attached hydrogens (tertiary/aromatic N) is 2. The van der Waals surface area contributed by atoms with Gasteiger partial charge >= 0.3 is 0 Å². The summed E-state index contributed by atoms with van der Waals surface area (Å²) in [6.45, 7) is 9.52. The lowest BCUT2D eigenvalue weighted by molar-refractivity contribution is -0.117. The Balaban J connectivity index is 2.00. The molecular weight excluding hydrogens is 356 g/mol. The highest BCUT2D eigenvalue weighted by atomic mass is 32.1. The Morgan fingerprint density at radius 3 is 2.44 bits per heavy atom. The smallest absolute Gasteiger partial charge is 0.252 e. The maximum absolute atomic E-state index is 12.7. The van der Waals surface area contributed by atoms with Gasteiger partial charge in [-0.15, -0.1) is 0 Å². The maximum atomic E-state index is 12.7. The fourth-order valence-electron chi connectivity index (χ4n) is 3.45. The van der Waals surface area contributed by atoms with Gasteiger partial charge in [0.2, 0.25) is 0 Å². The van der Waals surface area contributed by atoms with E-state index >= 15 is 0 Å². The van der Waals surface area contributed by atoms with E-state index in [4.69, 9.17) is 4.74 Å². The van der Waals surface area contributed by atoms with Crippen LogP contribution >= 0.6 is 11.3 Å². The number of hydrogen-bond acceptors (Lipinski definition) is 3. The van der Waals surface area contributed by atoms with Gasteiger partial charge in [0.15, 0.2) is 4.80 Å². The number of aromatic nitrogens is 1. The summed E-state index contributed by atoms with van der Waals surface area (Å²) in [6, 6.07) is 10.6. The van der Waals surface area contributed by atoms with Crippen molar-refractivity contribution in [2.24, 2.45) is 4.99 Å². The van der Waals surface area contributed by atoms with Crippen molar-refractivity contribution in [1.82, 2.24) is 4.57 Å². The third-order valence-electron chi connectivity index (χ3n) is 4.75. The lowest BCUT2D eigenvalue weighted by Crippen LogP contribution is -2.20. The molecule has 2 aromatic carbocycles. The molecule has 0 unspecified atom stereocenters. The van der Waals surface area contributed by atoms with E-state index in [0.29, 0.717) is 19.6 Å². The Kier molecular flexibility index (Phi) is 5.92. The van der Waals surface area contributed by atoms with Crippen LogP contribution < -0.4 is 4.80 Å². The summed E-state index contributed by atoms with van der Waals surface area (Å²) < 4.78 is 8.46. The summed E-state index contributed by atoms with van der Waals surface area (Å²) in [6.07, 6.45) is 0.329. The second kappa shape index (κ2) is 8.19. The molecule has 0 spiro atoms. The molecule has 0 radical (unpaired) electrons. The Labute approximate surface area is 164 Å². The molecule has 142 valence electrons. The first-order valence-corrected chi connectivity index (χ1v) is 9.94. The number of benzene rings is 2. The summed E-state index contributed by atoms with van der Waals surface area (Å²) in [4.78, 5) is 17.9. The van der Waals surface area contributed by atoms with Crippen molar-refractivity contribution in [1.29, 1.82) is 0 Å². The summed E-state index contributed by atoms with van der Waals surface area (Å²) in [5.41, 5.74) is 6.89. The van der Waals surface area contributed by atoms with Gasteiger partial charge in [0, 0.05) is 13.7 Å². The van der Waals surface area contributed by atoms with E-state index in [1.807, 2.05) is 0 Å². The quantitative estimate of drug-likeness (QED) is 0.662. The first kappa shape index (κ1) is 19.5. The van der Waals surface area contributed by atoms with Gasteiger partial charge in [0.1, 0.15) is 0 Å². The largest absolute Gasteiger partial charge is 0.383 e. The van der Waals surface area contributed by atoms with Gasteiger partial charge in [-0.1, -0.05) is 35.1 Å². The van der Waals surface area contributed by atoms with Crippen molar-refractivity contribution in [2.45, 2.75) is 40.7 Å². The van der Waals surface area contributed by atoms with Gasteiger partial charge < -0.3 is 9.30 Å². The fourth-order valence-corrected chi connectivity index (χ4v) is 4.62. The van der Waals surface area contributed by atoms with E-state index in [-0.39, 0.29) is 5.91 Å². The molecule has 0 aliphatic carbocycles. The van der Waals surface area contributed by atoms with Gasteiger partial charge in [-0.2, -0.15) is 4.99 Å². The molecule has 3 aromatic rings. The molecule has 0 bridgehead atoms. The third-order valence-corrected chi connectivity index (χ3v) is 5.79. The Morgan fingerprint density at radius 1 is 1.07 bits per heavy atom. The van der Waals surface area contributed by atoms with Gasteiger partial charge in [-0.3, -0.25) is 4.79 Å². The average molecular weight is 383 g/mol. The third kappa shape index (κ3) is 4.37. The molecule has 0 saturated heterocycles. The fraction of sp³-hybridized carbons (Fsp3) is 0.364. The Bertz CT molecular complexity index is 1040. The van der Waals surface area contributed by atoms with Crippen LogP contribution in [0.3, 0.4) is 0 Å². The SMILES string of the molecule is COCCn1c(=NC(=O)Cc2c(C)cc(C)cc2C)sc2cc(C)ccc21. The van der Waals surface area contributed by atoms with Gasteiger partial charge in [0.25, 0.3) is 5.91 Å². The van der Waals surface area contributed by atoms with Gasteiger partial charge in [0.05, 0.1) is 23.2 Å². The van der Waals surface area contributed by atoms with Crippen molar-refractivity contribution in [3.63, 3.8) is 0 Å². The molecule has 0 N–H and O–H groups in total. The monoisotopic (exact) mass is 382 g/mol. The molecule has 1 amide bonds. The lowest BCUT2D eigenvalue weighted by atomic mass is 9.97. The van der Waals surface area contributed by atoms with Crippen molar-refractivity contribution >= 4 is 27.5 Å². The molecule has 3 rings (SSSR count). The summed E-state index contributed by atoms with van der Waals surface area (Å²) in [7, 11) is 1.68. The minimum Gasteiger partial charge on any atom is -0.383 e. The minimum atomic E-state index is -0.112. The first-order valence-electron chi connectivity index (χ1n) is 9.12. The van der Waals surface area contributed by atoms with Crippen LogP contribution in [-0.4, -0.2) is 24.2 Å². The van der Waals surface area contributed by atoms with E-state index in [9.17, 15) is 4.79 Å². The highest BCUT2D eigenvalue weighted by Gasteiger charge is 2.11. The molecule has 1 aromatic heterocycles. The van der Waals surface area contributed by atoms with Gasteiger partial charge in [-0.05, 0) is 62.1 Å². The first-order chi connectivity index (χ1) is 12.9. The van der Waals surface area contributed by atoms with Gasteiger partial charge in [-0.25, -0.2) is 0 Å². The standard InChI is InChI=1S/C22H26N2O2S/c1-14-6-7-19-20(12-14)27-22(24(19)8-9-26-5)23-21(25)13-18-16(3)10-15(2)11-17(18)4/h6-7,10-12H,8-9,13H2,1-5H3. The summed E-state index contributed by atoms with van der Waals surface area (Å²) in [5, 5.41) is 0. The van der Waals surface area contributed by atoms with E-state index in [1.165, 1.54) is 11.1 Å². The number of fused-ring (bicyclic) bond motifs is 1. The molecular formula is C22H26N2O2S.